The van der Waals surface area contributed by atoms with Crippen LogP contribution in [0.2, 0.25) is 0 Å². The number of benzene rings is 1. The quantitative estimate of drug-likeness (QED) is 0.517. The topological polar surface area (TPSA) is 111 Å². The van der Waals surface area contributed by atoms with Crippen LogP contribution in [0.25, 0.3) is 17.0 Å². The molecule has 0 radical (unpaired) electrons. The average molecular weight is 324 g/mol. The number of nitrogens with zero attached hydrogens (tertiary/aromatic N) is 1. The van der Waals surface area contributed by atoms with Gasteiger partial charge in [0, 0.05) is 29.6 Å². The Labute approximate surface area is 137 Å². The summed E-state index contributed by atoms with van der Waals surface area (Å²) in [4.78, 5) is 33.2. The van der Waals surface area contributed by atoms with E-state index >= 15 is 0 Å². The van der Waals surface area contributed by atoms with Crippen LogP contribution in [-0.4, -0.2) is 38.0 Å². The molecule has 4 N–H and O–H groups in total. The maximum Gasteiger partial charge on any atom is 0.326 e. The molecule has 3 rings (SSSR count). The van der Waals surface area contributed by atoms with Crippen molar-refractivity contribution < 1.29 is 14.7 Å². The summed E-state index contributed by atoms with van der Waals surface area (Å²) in [5.41, 5.74) is 2.44. The fraction of sp³-hybridized carbons (Fsp3) is 0.118. The fourth-order valence-corrected chi connectivity index (χ4v) is 2.46. The normalized spacial score (nSPS) is 12.5. The van der Waals surface area contributed by atoms with Crippen molar-refractivity contribution in [2.45, 2.75) is 12.5 Å². The number of aromatic amines is 2. The number of fused-ring (bicyclic) bond motifs is 1. The third kappa shape index (κ3) is 3.52. The number of aromatic nitrogens is 3. The number of imidazole rings is 1. The minimum atomic E-state index is -1.08. The lowest BCUT2D eigenvalue weighted by Crippen LogP contribution is -2.41. The Kier molecular flexibility index (Phi) is 4.42. The average Bonchev–Trinajstić information content (AvgIpc) is 3.22. The molecule has 0 bridgehead atoms. The molecular weight excluding hydrogens is 308 g/mol. The summed E-state index contributed by atoms with van der Waals surface area (Å²) in [5.74, 6) is -1.56. The summed E-state index contributed by atoms with van der Waals surface area (Å²) in [6.45, 7) is 0. The smallest absolute Gasteiger partial charge is 0.326 e. The summed E-state index contributed by atoms with van der Waals surface area (Å²) in [7, 11) is 0. The highest BCUT2D eigenvalue weighted by Gasteiger charge is 2.21. The van der Waals surface area contributed by atoms with Crippen LogP contribution in [-0.2, 0) is 16.0 Å². The van der Waals surface area contributed by atoms with Gasteiger partial charge in [0.1, 0.15) is 6.04 Å². The first-order valence-corrected chi connectivity index (χ1v) is 7.38. The number of hydrogen-bond donors (Lipinski definition) is 4. The van der Waals surface area contributed by atoms with Crippen LogP contribution < -0.4 is 5.32 Å². The predicted molar refractivity (Wildman–Crippen MR) is 89.2 cm³/mol. The van der Waals surface area contributed by atoms with Gasteiger partial charge in [-0.2, -0.15) is 0 Å². The van der Waals surface area contributed by atoms with Gasteiger partial charge in [-0.25, -0.2) is 9.78 Å². The third-order valence-electron chi connectivity index (χ3n) is 3.65. The Morgan fingerprint density at radius 2 is 2.12 bits per heavy atom. The highest BCUT2D eigenvalue weighted by atomic mass is 16.4. The number of hydrogen-bond acceptors (Lipinski definition) is 3. The standard InChI is InChI=1S/C17H16N4O3/c22-16(6-5-12-9-18-10-20-12)21-15(17(23)24)7-11-8-19-14-4-2-1-3-13(11)14/h1-6,8-10,15,19H,7H2,(H,18,20)(H,21,22)(H,23,24)/b6-5+/t15-/m0/s1. The van der Waals surface area contributed by atoms with Gasteiger partial charge >= 0.3 is 5.97 Å². The first-order chi connectivity index (χ1) is 11.6. The van der Waals surface area contributed by atoms with Crippen molar-refractivity contribution in [3.05, 3.63) is 60.3 Å². The van der Waals surface area contributed by atoms with Crippen LogP contribution in [0, 0.1) is 0 Å². The van der Waals surface area contributed by atoms with Crippen LogP contribution >= 0.6 is 0 Å². The summed E-state index contributed by atoms with van der Waals surface area (Å²) >= 11 is 0. The minimum absolute atomic E-state index is 0.197. The van der Waals surface area contributed by atoms with Gasteiger partial charge in [0.15, 0.2) is 0 Å². The molecule has 0 spiro atoms. The van der Waals surface area contributed by atoms with Crippen LogP contribution in [0.1, 0.15) is 11.3 Å². The summed E-state index contributed by atoms with van der Waals surface area (Å²) in [6, 6.07) is 6.61. The van der Waals surface area contributed by atoms with E-state index in [1.165, 1.54) is 18.5 Å². The molecule has 1 atom stereocenters. The first-order valence-electron chi connectivity index (χ1n) is 7.38. The lowest BCUT2D eigenvalue weighted by Gasteiger charge is -2.12. The van der Waals surface area contributed by atoms with Gasteiger partial charge in [0.25, 0.3) is 0 Å². The molecule has 0 aliphatic heterocycles. The van der Waals surface area contributed by atoms with Crippen LogP contribution in [0.4, 0.5) is 0 Å². The van der Waals surface area contributed by atoms with Crippen molar-refractivity contribution in [1.82, 2.24) is 20.3 Å². The molecule has 122 valence electrons. The second kappa shape index (κ2) is 6.82. The number of H-pyrrole nitrogens is 2. The Hall–Kier alpha value is -3.35. The molecule has 7 nitrogen and oxygen atoms in total. The van der Waals surface area contributed by atoms with Gasteiger partial charge in [-0.3, -0.25) is 4.79 Å². The molecular formula is C17H16N4O3. The van der Waals surface area contributed by atoms with E-state index in [0.29, 0.717) is 5.69 Å². The van der Waals surface area contributed by atoms with Crippen molar-refractivity contribution in [3.63, 3.8) is 0 Å². The zero-order valence-electron chi connectivity index (χ0n) is 12.7. The number of carboxylic acid groups (broad SMARTS) is 1. The maximum absolute atomic E-state index is 11.9. The number of nitrogens with one attached hydrogen (secondary N) is 3. The van der Waals surface area contributed by atoms with E-state index in [9.17, 15) is 14.7 Å². The first kappa shape index (κ1) is 15.5. The summed E-state index contributed by atoms with van der Waals surface area (Å²) < 4.78 is 0. The van der Waals surface area contributed by atoms with Crippen LogP contribution in [0.3, 0.4) is 0 Å². The number of para-hydroxylation sites is 1. The Bertz CT molecular complexity index is 880. The van der Waals surface area contributed by atoms with Gasteiger partial charge < -0.3 is 20.4 Å². The number of amides is 1. The van der Waals surface area contributed by atoms with Gasteiger partial charge in [-0.05, 0) is 17.7 Å². The molecule has 0 aliphatic carbocycles. The van der Waals surface area contributed by atoms with E-state index in [0.717, 1.165) is 16.5 Å². The lowest BCUT2D eigenvalue weighted by atomic mass is 10.0. The van der Waals surface area contributed by atoms with E-state index in [1.54, 1.807) is 12.4 Å². The van der Waals surface area contributed by atoms with Crippen molar-refractivity contribution in [2.75, 3.05) is 0 Å². The molecule has 0 aliphatic rings. The van der Waals surface area contributed by atoms with Crippen LogP contribution in [0.5, 0.6) is 0 Å². The summed E-state index contributed by atoms with van der Waals surface area (Å²) in [5, 5.41) is 12.8. The third-order valence-corrected chi connectivity index (χ3v) is 3.65. The maximum atomic E-state index is 11.9. The molecule has 7 heteroatoms. The lowest BCUT2D eigenvalue weighted by molar-refractivity contribution is -0.141. The zero-order valence-corrected chi connectivity index (χ0v) is 12.7. The Balaban J connectivity index is 1.71. The van der Waals surface area contributed by atoms with Gasteiger partial charge in [-0.15, -0.1) is 0 Å². The fourth-order valence-electron chi connectivity index (χ4n) is 2.46. The minimum Gasteiger partial charge on any atom is -0.480 e. The molecule has 0 saturated heterocycles. The van der Waals surface area contributed by atoms with Crippen molar-refractivity contribution in [3.8, 4) is 0 Å². The second-order valence-corrected chi connectivity index (χ2v) is 5.30. The monoisotopic (exact) mass is 324 g/mol. The van der Waals surface area contributed by atoms with Crippen molar-refractivity contribution in [1.29, 1.82) is 0 Å². The van der Waals surface area contributed by atoms with E-state index in [4.69, 9.17) is 0 Å². The molecule has 0 unspecified atom stereocenters. The van der Waals surface area contributed by atoms with Crippen LogP contribution in [0.15, 0.2) is 49.1 Å². The molecule has 1 aromatic carbocycles. The molecule has 24 heavy (non-hydrogen) atoms. The van der Waals surface area contributed by atoms with E-state index in [1.807, 2.05) is 24.3 Å². The van der Waals surface area contributed by atoms with Crippen molar-refractivity contribution in [2.24, 2.45) is 0 Å². The van der Waals surface area contributed by atoms with Gasteiger partial charge in [0.05, 0.1) is 18.2 Å². The van der Waals surface area contributed by atoms with E-state index < -0.39 is 17.9 Å². The number of aliphatic carboxylic acids is 1. The van der Waals surface area contributed by atoms with Crippen molar-refractivity contribution >= 4 is 28.9 Å². The molecule has 2 heterocycles. The molecule has 1 amide bonds. The van der Waals surface area contributed by atoms with Gasteiger partial charge in [0.2, 0.25) is 5.91 Å². The van der Waals surface area contributed by atoms with Gasteiger partial charge in [-0.1, -0.05) is 18.2 Å². The zero-order chi connectivity index (χ0) is 16.9. The number of carbonyl (C=O) groups is 2. The highest BCUT2D eigenvalue weighted by molar-refractivity contribution is 5.94. The number of rotatable bonds is 6. The molecule has 2 aromatic heterocycles. The number of carbonyl (C=O) groups excluding carboxylic acids is 1. The van der Waals surface area contributed by atoms with E-state index in [-0.39, 0.29) is 6.42 Å². The predicted octanol–water partition coefficient (Wildman–Crippen LogP) is 1.72. The highest BCUT2D eigenvalue weighted by Crippen LogP contribution is 2.19. The number of carboxylic acids is 1. The summed E-state index contributed by atoms with van der Waals surface area (Å²) in [6.07, 6.45) is 7.83. The Morgan fingerprint density at radius 3 is 2.88 bits per heavy atom. The second-order valence-electron chi connectivity index (χ2n) is 5.30. The molecule has 0 saturated carbocycles. The van der Waals surface area contributed by atoms with E-state index in [2.05, 4.69) is 20.3 Å². The largest absolute Gasteiger partial charge is 0.480 e. The molecule has 3 aromatic rings. The Morgan fingerprint density at radius 1 is 1.29 bits per heavy atom. The molecule has 0 fully saturated rings. The SMILES string of the molecule is O=C(/C=C/c1cnc[nH]1)N[C@@H](Cc1c[nH]c2ccccc12)C(=O)O.